The molecule has 0 spiro atoms. The van der Waals surface area contributed by atoms with E-state index in [1.54, 1.807) is 12.1 Å². The van der Waals surface area contributed by atoms with Crippen LogP contribution in [0.15, 0.2) is 24.3 Å². The van der Waals surface area contributed by atoms with E-state index in [-0.39, 0.29) is 37.3 Å². The molecule has 0 aliphatic heterocycles. The number of hydrogen-bond acceptors (Lipinski definition) is 3. The van der Waals surface area contributed by atoms with Crippen molar-refractivity contribution in [2.75, 3.05) is 13.2 Å². The SMILES string of the molecule is O=C(O)CN(C(=O)CCOc1ccccc1F)C1CC1. The number of carboxylic acids is 1. The number of ether oxygens (including phenoxy) is 1. The Bertz CT molecular complexity index is 502. The zero-order valence-electron chi connectivity index (χ0n) is 10.9. The molecule has 0 bridgehead atoms. The van der Waals surface area contributed by atoms with Gasteiger partial charge in [0.25, 0.3) is 0 Å². The van der Waals surface area contributed by atoms with E-state index in [0.29, 0.717) is 0 Å². The summed E-state index contributed by atoms with van der Waals surface area (Å²) in [7, 11) is 0. The van der Waals surface area contributed by atoms with Gasteiger partial charge >= 0.3 is 5.97 Å². The van der Waals surface area contributed by atoms with Crippen LogP contribution in [0.1, 0.15) is 19.3 Å². The highest BCUT2D eigenvalue weighted by Gasteiger charge is 2.33. The van der Waals surface area contributed by atoms with Crippen LogP contribution < -0.4 is 4.74 Å². The van der Waals surface area contributed by atoms with Gasteiger partial charge in [-0.05, 0) is 25.0 Å². The maximum atomic E-state index is 13.3. The van der Waals surface area contributed by atoms with E-state index < -0.39 is 11.8 Å². The van der Waals surface area contributed by atoms with E-state index in [1.807, 2.05) is 0 Å². The summed E-state index contributed by atoms with van der Waals surface area (Å²) in [5.41, 5.74) is 0. The van der Waals surface area contributed by atoms with E-state index >= 15 is 0 Å². The molecular weight excluding hydrogens is 265 g/mol. The molecule has 1 aromatic rings. The molecule has 0 aromatic heterocycles. The number of amides is 1. The lowest BCUT2D eigenvalue weighted by atomic mass is 10.3. The van der Waals surface area contributed by atoms with Crippen LogP contribution in [-0.2, 0) is 9.59 Å². The Balaban J connectivity index is 1.82. The first-order valence-corrected chi connectivity index (χ1v) is 6.46. The minimum atomic E-state index is -1.03. The Kier molecular flexibility index (Phi) is 4.55. The largest absolute Gasteiger partial charge is 0.490 e. The fourth-order valence-electron chi connectivity index (χ4n) is 1.91. The number of benzene rings is 1. The van der Waals surface area contributed by atoms with Gasteiger partial charge in [0, 0.05) is 6.04 Å². The van der Waals surface area contributed by atoms with Crippen LogP contribution in [0.25, 0.3) is 0 Å². The second kappa shape index (κ2) is 6.36. The predicted octanol–water partition coefficient (Wildman–Crippen LogP) is 1.67. The van der Waals surface area contributed by atoms with Crippen molar-refractivity contribution >= 4 is 11.9 Å². The maximum absolute atomic E-state index is 13.3. The summed E-state index contributed by atoms with van der Waals surface area (Å²) in [4.78, 5) is 24.0. The minimum absolute atomic E-state index is 0.0304. The number of nitrogens with zero attached hydrogens (tertiary/aromatic N) is 1. The molecule has 1 saturated carbocycles. The lowest BCUT2D eigenvalue weighted by molar-refractivity contribution is -0.145. The van der Waals surface area contributed by atoms with Crippen LogP contribution in [0.4, 0.5) is 4.39 Å². The fourth-order valence-corrected chi connectivity index (χ4v) is 1.91. The summed E-state index contributed by atoms with van der Waals surface area (Å²) in [6, 6.07) is 5.98. The maximum Gasteiger partial charge on any atom is 0.323 e. The zero-order chi connectivity index (χ0) is 14.5. The Morgan fingerprint density at radius 3 is 2.65 bits per heavy atom. The summed E-state index contributed by atoms with van der Waals surface area (Å²) in [6.45, 7) is -0.258. The molecule has 1 N–H and O–H groups in total. The van der Waals surface area contributed by atoms with Crippen LogP contribution in [0.3, 0.4) is 0 Å². The predicted molar refractivity (Wildman–Crippen MR) is 68.9 cm³/mol. The number of carbonyl (C=O) groups is 2. The van der Waals surface area contributed by atoms with Gasteiger partial charge in [-0.1, -0.05) is 12.1 Å². The van der Waals surface area contributed by atoms with Gasteiger partial charge in [-0.25, -0.2) is 4.39 Å². The van der Waals surface area contributed by atoms with Crippen molar-refractivity contribution in [3.63, 3.8) is 0 Å². The van der Waals surface area contributed by atoms with E-state index in [2.05, 4.69) is 0 Å². The van der Waals surface area contributed by atoms with Gasteiger partial charge in [0.15, 0.2) is 11.6 Å². The highest BCUT2D eigenvalue weighted by atomic mass is 19.1. The van der Waals surface area contributed by atoms with E-state index in [0.717, 1.165) is 12.8 Å². The summed E-state index contributed by atoms with van der Waals surface area (Å²) in [5.74, 6) is -1.69. The second-order valence-corrected chi connectivity index (χ2v) is 4.68. The third-order valence-electron chi connectivity index (χ3n) is 3.02. The van der Waals surface area contributed by atoms with Crippen LogP contribution in [0, 0.1) is 5.82 Å². The van der Waals surface area contributed by atoms with Crippen molar-refractivity contribution in [2.24, 2.45) is 0 Å². The van der Waals surface area contributed by atoms with Crippen molar-refractivity contribution in [1.29, 1.82) is 0 Å². The lowest BCUT2D eigenvalue weighted by Gasteiger charge is -2.20. The topological polar surface area (TPSA) is 66.8 Å². The number of carboxylic acid groups (broad SMARTS) is 1. The molecule has 108 valence electrons. The summed E-state index contributed by atoms with van der Waals surface area (Å²) in [6.07, 6.45) is 1.72. The normalized spacial score (nSPS) is 13.8. The first kappa shape index (κ1) is 14.3. The second-order valence-electron chi connectivity index (χ2n) is 4.68. The summed E-state index contributed by atoms with van der Waals surface area (Å²) >= 11 is 0. The third kappa shape index (κ3) is 3.94. The number of hydrogen-bond donors (Lipinski definition) is 1. The molecule has 1 aliphatic carbocycles. The zero-order valence-corrected chi connectivity index (χ0v) is 10.9. The third-order valence-corrected chi connectivity index (χ3v) is 3.02. The minimum Gasteiger partial charge on any atom is -0.490 e. The number of carbonyl (C=O) groups excluding carboxylic acids is 1. The van der Waals surface area contributed by atoms with Gasteiger partial charge in [0.05, 0.1) is 13.0 Å². The monoisotopic (exact) mass is 281 g/mol. The molecule has 0 radical (unpaired) electrons. The van der Waals surface area contributed by atoms with E-state index in [4.69, 9.17) is 9.84 Å². The lowest BCUT2D eigenvalue weighted by Crippen LogP contribution is -2.38. The molecule has 0 atom stereocenters. The molecule has 5 nitrogen and oxygen atoms in total. The molecule has 1 aromatic carbocycles. The van der Waals surface area contributed by atoms with Gasteiger partial charge in [-0.3, -0.25) is 9.59 Å². The number of aliphatic carboxylic acids is 1. The number of halogens is 1. The quantitative estimate of drug-likeness (QED) is 0.825. The average molecular weight is 281 g/mol. The molecule has 6 heteroatoms. The standard InChI is InChI=1S/C14H16FNO4/c15-11-3-1-2-4-12(11)20-8-7-13(17)16(9-14(18)19)10-5-6-10/h1-4,10H,5-9H2,(H,18,19). The van der Waals surface area contributed by atoms with Gasteiger partial charge in [0.2, 0.25) is 5.91 Å². The van der Waals surface area contributed by atoms with Crippen molar-refractivity contribution < 1.29 is 23.8 Å². The van der Waals surface area contributed by atoms with Crippen LogP contribution >= 0.6 is 0 Å². The fraction of sp³-hybridized carbons (Fsp3) is 0.429. The van der Waals surface area contributed by atoms with E-state index in [9.17, 15) is 14.0 Å². The molecule has 0 saturated heterocycles. The molecule has 0 heterocycles. The van der Waals surface area contributed by atoms with E-state index in [1.165, 1.54) is 17.0 Å². The van der Waals surface area contributed by atoms with Gasteiger partial charge < -0.3 is 14.7 Å². The number of rotatable bonds is 7. The number of para-hydroxylation sites is 1. The highest BCUT2D eigenvalue weighted by molar-refractivity contribution is 5.82. The van der Waals surface area contributed by atoms with Crippen LogP contribution in [0.5, 0.6) is 5.75 Å². The Morgan fingerprint density at radius 1 is 1.35 bits per heavy atom. The van der Waals surface area contributed by atoms with Crippen molar-refractivity contribution in [2.45, 2.75) is 25.3 Å². The first-order valence-electron chi connectivity index (χ1n) is 6.46. The molecule has 1 fully saturated rings. The van der Waals surface area contributed by atoms with Crippen molar-refractivity contribution in [3.05, 3.63) is 30.1 Å². The molecule has 20 heavy (non-hydrogen) atoms. The first-order chi connectivity index (χ1) is 9.58. The van der Waals surface area contributed by atoms with Crippen molar-refractivity contribution in [3.8, 4) is 5.75 Å². The Labute approximate surface area is 116 Å². The average Bonchev–Trinajstić information content (AvgIpc) is 3.22. The molecule has 2 rings (SSSR count). The van der Waals surface area contributed by atoms with Gasteiger partial charge in [-0.15, -0.1) is 0 Å². The van der Waals surface area contributed by atoms with Crippen LogP contribution in [0.2, 0.25) is 0 Å². The van der Waals surface area contributed by atoms with Gasteiger partial charge in [-0.2, -0.15) is 0 Å². The molecular formula is C14H16FNO4. The summed E-state index contributed by atoms with van der Waals surface area (Å²) in [5, 5.41) is 8.77. The molecule has 1 aliphatic rings. The molecule has 1 amide bonds. The molecule has 0 unspecified atom stereocenters. The highest BCUT2D eigenvalue weighted by Crippen LogP contribution is 2.27. The van der Waals surface area contributed by atoms with Gasteiger partial charge in [0.1, 0.15) is 6.54 Å². The smallest absolute Gasteiger partial charge is 0.323 e. The van der Waals surface area contributed by atoms with Crippen LogP contribution in [-0.4, -0.2) is 41.1 Å². The Morgan fingerprint density at radius 2 is 2.05 bits per heavy atom. The van der Waals surface area contributed by atoms with Crippen molar-refractivity contribution in [1.82, 2.24) is 4.90 Å². The summed E-state index contributed by atoms with van der Waals surface area (Å²) < 4.78 is 18.5. The Hall–Kier alpha value is -2.11.